The Balaban J connectivity index is 2.02. The lowest BCUT2D eigenvalue weighted by Crippen LogP contribution is -1.84. The number of rotatable bonds is 2. The molecule has 0 saturated carbocycles. The second-order valence-electron chi connectivity index (χ2n) is 4.26. The van der Waals surface area contributed by atoms with E-state index in [0.29, 0.717) is 0 Å². The summed E-state index contributed by atoms with van der Waals surface area (Å²) in [5, 5.41) is 7.29. The maximum atomic E-state index is 4.69. The van der Waals surface area contributed by atoms with Crippen LogP contribution in [0.1, 0.15) is 5.56 Å². The van der Waals surface area contributed by atoms with Crippen LogP contribution in [0.5, 0.6) is 0 Å². The summed E-state index contributed by atoms with van der Waals surface area (Å²) in [6.07, 6.45) is 3.83. The van der Waals surface area contributed by atoms with E-state index in [4.69, 9.17) is 4.98 Å². The van der Waals surface area contributed by atoms with Crippen molar-refractivity contribution in [3.8, 4) is 21.8 Å². The zero-order valence-corrected chi connectivity index (χ0v) is 11.1. The van der Waals surface area contributed by atoms with Gasteiger partial charge in [0.15, 0.2) is 0 Å². The molecule has 0 bridgehead atoms. The van der Waals surface area contributed by atoms with Crippen molar-refractivity contribution in [1.29, 1.82) is 0 Å². The third-order valence-corrected chi connectivity index (χ3v) is 3.77. The lowest BCUT2D eigenvalue weighted by atomic mass is 10.1. The molecule has 0 amide bonds. The van der Waals surface area contributed by atoms with Gasteiger partial charge < -0.3 is 0 Å². The largest absolute Gasteiger partial charge is 0.275 e. The molecule has 3 nitrogen and oxygen atoms in total. The van der Waals surface area contributed by atoms with Crippen LogP contribution in [0, 0.1) is 6.92 Å². The Morgan fingerprint density at radius 1 is 1.22 bits per heavy atom. The van der Waals surface area contributed by atoms with Crippen molar-refractivity contribution in [2.45, 2.75) is 6.92 Å². The minimum Gasteiger partial charge on any atom is -0.275 e. The number of thiazole rings is 1. The molecule has 0 radical (unpaired) electrons. The first-order valence-electron chi connectivity index (χ1n) is 5.74. The van der Waals surface area contributed by atoms with Crippen LogP contribution in [-0.4, -0.2) is 14.8 Å². The lowest BCUT2D eigenvalue weighted by molar-refractivity contribution is 0.768. The monoisotopic (exact) mass is 255 g/mol. The van der Waals surface area contributed by atoms with E-state index >= 15 is 0 Å². The Bertz CT molecular complexity index is 682. The molecule has 18 heavy (non-hydrogen) atoms. The molecular formula is C14H13N3S. The van der Waals surface area contributed by atoms with Gasteiger partial charge in [0.1, 0.15) is 5.01 Å². The maximum Gasteiger partial charge on any atom is 0.127 e. The van der Waals surface area contributed by atoms with Crippen molar-refractivity contribution in [3.63, 3.8) is 0 Å². The predicted molar refractivity (Wildman–Crippen MR) is 74.5 cm³/mol. The molecule has 0 aliphatic rings. The average molecular weight is 255 g/mol. The molecule has 0 aliphatic carbocycles. The SMILES string of the molecule is Cc1ccccc1-c1csc(-c2cnn(C)c2)n1. The molecule has 0 N–H and O–H groups in total. The van der Waals surface area contributed by atoms with Crippen molar-refractivity contribution in [2.75, 3.05) is 0 Å². The van der Waals surface area contributed by atoms with Crippen LogP contribution in [0.4, 0.5) is 0 Å². The number of hydrogen-bond donors (Lipinski definition) is 0. The molecule has 0 fully saturated rings. The zero-order valence-electron chi connectivity index (χ0n) is 10.3. The van der Waals surface area contributed by atoms with E-state index in [9.17, 15) is 0 Å². The number of aryl methyl sites for hydroxylation is 2. The topological polar surface area (TPSA) is 30.7 Å². The molecule has 0 atom stereocenters. The second-order valence-corrected chi connectivity index (χ2v) is 5.11. The summed E-state index contributed by atoms with van der Waals surface area (Å²) in [4.78, 5) is 4.69. The molecule has 0 aliphatic heterocycles. The fourth-order valence-electron chi connectivity index (χ4n) is 1.92. The molecule has 2 heterocycles. The summed E-state index contributed by atoms with van der Waals surface area (Å²) in [6, 6.07) is 8.31. The van der Waals surface area contributed by atoms with Gasteiger partial charge in [0, 0.05) is 29.8 Å². The molecule has 0 spiro atoms. The van der Waals surface area contributed by atoms with Crippen LogP contribution in [0.15, 0.2) is 42.0 Å². The van der Waals surface area contributed by atoms with Gasteiger partial charge in [-0.2, -0.15) is 5.10 Å². The van der Waals surface area contributed by atoms with E-state index in [1.165, 1.54) is 11.1 Å². The molecule has 4 heteroatoms. The standard InChI is InChI=1S/C14H13N3S/c1-10-5-3-4-6-12(10)13-9-18-14(16-13)11-7-15-17(2)8-11/h3-9H,1-2H3. The molecular weight excluding hydrogens is 242 g/mol. The van der Waals surface area contributed by atoms with Gasteiger partial charge in [-0.25, -0.2) is 4.98 Å². The van der Waals surface area contributed by atoms with Gasteiger partial charge in [0.05, 0.1) is 11.9 Å². The highest BCUT2D eigenvalue weighted by Crippen LogP contribution is 2.29. The molecule has 0 saturated heterocycles. The van der Waals surface area contributed by atoms with Gasteiger partial charge in [0.25, 0.3) is 0 Å². The van der Waals surface area contributed by atoms with E-state index in [0.717, 1.165) is 16.3 Å². The molecule has 3 aromatic rings. The summed E-state index contributed by atoms with van der Waals surface area (Å²) in [5.74, 6) is 0. The summed E-state index contributed by atoms with van der Waals surface area (Å²) >= 11 is 1.66. The third kappa shape index (κ3) is 1.95. The van der Waals surface area contributed by atoms with Gasteiger partial charge in [-0.1, -0.05) is 24.3 Å². The van der Waals surface area contributed by atoms with Crippen LogP contribution in [0.2, 0.25) is 0 Å². The fourth-order valence-corrected chi connectivity index (χ4v) is 2.72. The predicted octanol–water partition coefficient (Wildman–Crippen LogP) is 3.52. The van der Waals surface area contributed by atoms with Gasteiger partial charge in [-0.3, -0.25) is 4.68 Å². The Hall–Kier alpha value is -1.94. The smallest absolute Gasteiger partial charge is 0.127 e. The molecule has 3 rings (SSSR count). The quantitative estimate of drug-likeness (QED) is 0.701. The summed E-state index contributed by atoms with van der Waals surface area (Å²) in [7, 11) is 1.92. The number of hydrogen-bond acceptors (Lipinski definition) is 3. The maximum absolute atomic E-state index is 4.69. The lowest BCUT2D eigenvalue weighted by Gasteiger charge is -2.00. The first-order chi connectivity index (χ1) is 8.74. The Morgan fingerprint density at radius 2 is 2.06 bits per heavy atom. The van der Waals surface area contributed by atoms with Gasteiger partial charge >= 0.3 is 0 Å². The zero-order chi connectivity index (χ0) is 12.5. The highest BCUT2D eigenvalue weighted by Gasteiger charge is 2.09. The van der Waals surface area contributed by atoms with Crippen molar-refractivity contribution in [2.24, 2.45) is 7.05 Å². The minimum absolute atomic E-state index is 1.02. The highest BCUT2D eigenvalue weighted by molar-refractivity contribution is 7.13. The van der Waals surface area contributed by atoms with Gasteiger partial charge in [0.2, 0.25) is 0 Å². The molecule has 1 aromatic carbocycles. The van der Waals surface area contributed by atoms with Crippen molar-refractivity contribution in [3.05, 3.63) is 47.6 Å². The van der Waals surface area contributed by atoms with E-state index in [-0.39, 0.29) is 0 Å². The first-order valence-corrected chi connectivity index (χ1v) is 6.62. The van der Waals surface area contributed by atoms with Crippen LogP contribution < -0.4 is 0 Å². The second kappa shape index (κ2) is 4.38. The van der Waals surface area contributed by atoms with Gasteiger partial charge in [-0.15, -0.1) is 11.3 Å². The van der Waals surface area contributed by atoms with E-state index in [1.54, 1.807) is 16.0 Å². The average Bonchev–Trinajstić information content (AvgIpc) is 2.98. The number of nitrogens with zero attached hydrogens (tertiary/aromatic N) is 3. The van der Waals surface area contributed by atoms with Crippen molar-refractivity contribution in [1.82, 2.24) is 14.8 Å². The Morgan fingerprint density at radius 3 is 2.78 bits per heavy atom. The van der Waals surface area contributed by atoms with E-state index < -0.39 is 0 Å². The van der Waals surface area contributed by atoms with Gasteiger partial charge in [-0.05, 0) is 12.5 Å². The van der Waals surface area contributed by atoms with Crippen LogP contribution in [-0.2, 0) is 7.05 Å². The Kier molecular flexibility index (Phi) is 2.72. The third-order valence-electron chi connectivity index (χ3n) is 2.88. The summed E-state index contributed by atoms with van der Waals surface area (Å²) in [5.41, 5.74) is 4.56. The first kappa shape index (κ1) is 11.2. The fraction of sp³-hybridized carbons (Fsp3) is 0.143. The van der Waals surface area contributed by atoms with Crippen LogP contribution >= 0.6 is 11.3 Å². The van der Waals surface area contributed by atoms with Crippen LogP contribution in [0.3, 0.4) is 0 Å². The minimum atomic E-state index is 1.02. The van der Waals surface area contributed by atoms with Crippen molar-refractivity contribution >= 4 is 11.3 Å². The van der Waals surface area contributed by atoms with E-state index in [2.05, 4.69) is 29.5 Å². The number of aromatic nitrogens is 3. The van der Waals surface area contributed by atoms with Crippen molar-refractivity contribution < 1.29 is 0 Å². The summed E-state index contributed by atoms with van der Waals surface area (Å²) < 4.78 is 1.80. The summed E-state index contributed by atoms with van der Waals surface area (Å²) in [6.45, 7) is 2.11. The molecule has 2 aromatic heterocycles. The molecule has 0 unspecified atom stereocenters. The Labute approximate surface area is 110 Å². The normalized spacial score (nSPS) is 10.8. The number of benzene rings is 1. The van der Waals surface area contributed by atoms with E-state index in [1.807, 2.05) is 31.6 Å². The van der Waals surface area contributed by atoms with Crippen LogP contribution in [0.25, 0.3) is 21.8 Å². The molecule has 90 valence electrons. The highest BCUT2D eigenvalue weighted by atomic mass is 32.1.